The van der Waals surface area contributed by atoms with E-state index in [2.05, 4.69) is 31.4 Å². The van der Waals surface area contributed by atoms with Crippen molar-refractivity contribution < 1.29 is 9.59 Å². The number of Topliss-reactive ketones (excluding diaryl/α,β-unsaturated/α-hetero) is 1. The molecule has 1 amide bonds. The van der Waals surface area contributed by atoms with Gasteiger partial charge in [-0.2, -0.15) is 0 Å². The molecule has 162 valence electrons. The Bertz CT molecular complexity index is 1080. The van der Waals surface area contributed by atoms with Crippen LogP contribution in [0.3, 0.4) is 0 Å². The maximum absolute atomic E-state index is 12.8. The molecule has 1 aromatic heterocycles. The standard InChI is InChI=1S/C23H25BrN4O2S/c1-14(2)20(25-22(30)17-7-5-6-15(3)12-17)21-26-27-23(28(21)4)31-13-19(29)16-8-10-18(24)11-9-16/h5-12,14,20H,13H2,1-4H3,(H,25,30)/t20-/m1/s1. The van der Waals surface area contributed by atoms with Gasteiger partial charge in [-0.05, 0) is 37.1 Å². The number of carbonyl (C=O) groups excluding carboxylic acids is 2. The van der Waals surface area contributed by atoms with Gasteiger partial charge in [0.05, 0.1) is 11.8 Å². The number of aromatic nitrogens is 3. The highest BCUT2D eigenvalue weighted by molar-refractivity contribution is 9.10. The van der Waals surface area contributed by atoms with Crippen molar-refractivity contribution in [1.29, 1.82) is 0 Å². The summed E-state index contributed by atoms with van der Waals surface area (Å²) in [6, 6.07) is 14.5. The smallest absolute Gasteiger partial charge is 0.251 e. The van der Waals surface area contributed by atoms with Gasteiger partial charge in [-0.1, -0.05) is 71.4 Å². The van der Waals surface area contributed by atoms with Crippen LogP contribution in [-0.2, 0) is 7.05 Å². The minimum absolute atomic E-state index is 0.0233. The minimum Gasteiger partial charge on any atom is -0.342 e. The normalized spacial score (nSPS) is 12.1. The molecule has 31 heavy (non-hydrogen) atoms. The number of amides is 1. The van der Waals surface area contributed by atoms with Crippen LogP contribution in [-0.4, -0.2) is 32.2 Å². The van der Waals surface area contributed by atoms with E-state index in [4.69, 9.17) is 0 Å². The molecule has 0 aliphatic carbocycles. The van der Waals surface area contributed by atoms with E-state index in [1.807, 2.05) is 62.7 Å². The summed E-state index contributed by atoms with van der Waals surface area (Å²) in [5, 5.41) is 12.3. The van der Waals surface area contributed by atoms with Crippen LogP contribution in [0.2, 0.25) is 0 Å². The van der Waals surface area contributed by atoms with Gasteiger partial charge in [0.2, 0.25) is 0 Å². The molecule has 3 aromatic rings. The molecule has 0 bridgehead atoms. The van der Waals surface area contributed by atoms with E-state index in [-0.39, 0.29) is 29.4 Å². The number of thioether (sulfide) groups is 1. The van der Waals surface area contributed by atoms with E-state index < -0.39 is 0 Å². The molecule has 0 unspecified atom stereocenters. The third-order valence-electron chi connectivity index (χ3n) is 4.88. The van der Waals surface area contributed by atoms with E-state index in [0.29, 0.717) is 22.1 Å². The van der Waals surface area contributed by atoms with Gasteiger partial charge >= 0.3 is 0 Å². The molecule has 0 saturated heterocycles. The molecule has 0 aliphatic heterocycles. The Balaban J connectivity index is 1.71. The molecule has 1 atom stereocenters. The second kappa shape index (κ2) is 10.2. The van der Waals surface area contributed by atoms with Crippen molar-refractivity contribution >= 4 is 39.4 Å². The number of nitrogens with one attached hydrogen (secondary N) is 1. The van der Waals surface area contributed by atoms with Crippen LogP contribution in [0.5, 0.6) is 0 Å². The molecule has 0 aliphatic rings. The third kappa shape index (κ3) is 5.83. The fraction of sp³-hybridized carbons (Fsp3) is 0.304. The van der Waals surface area contributed by atoms with Crippen molar-refractivity contribution in [2.24, 2.45) is 13.0 Å². The van der Waals surface area contributed by atoms with Gasteiger partial charge in [0.25, 0.3) is 5.91 Å². The highest BCUT2D eigenvalue weighted by atomic mass is 79.9. The lowest BCUT2D eigenvalue weighted by molar-refractivity contribution is 0.0921. The van der Waals surface area contributed by atoms with Crippen molar-refractivity contribution in [2.45, 2.75) is 32.0 Å². The molecule has 2 aromatic carbocycles. The molecule has 0 fully saturated rings. The van der Waals surface area contributed by atoms with E-state index in [0.717, 1.165) is 10.0 Å². The predicted octanol–water partition coefficient (Wildman–Crippen LogP) is 4.99. The Morgan fingerprint density at radius 2 is 1.81 bits per heavy atom. The molecule has 1 heterocycles. The number of rotatable bonds is 8. The number of nitrogens with zero attached hydrogens (tertiary/aromatic N) is 3. The zero-order chi connectivity index (χ0) is 22.5. The third-order valence-corrected chi connectivity index (χ3v) is 6.43. The zero-order valence-corrected chi connectivity index (χ0v) is 20.3. The van der Waals surface area contributed by atoms with Crippen LogP contribution in [0.4, 0.5) is 0 Å². The quantitative estimate of drug-likeness (QED) is 0.348. The molecular weight excluding hydrogens is 476 g/mol. The highest BCUT2D eigenvalue weighted by Gasteiger charge is 2.25. The van der Waals surface area contributed by atoms with Gasteiger partial charge < -0.3 is 9.88 Å². The van der Waals surface area contributed by atoms with Crippen LogP contribution in [0.1, 0.15) is 52.0 Å². The lowest BCUT2D eigenvalue weighted by atomic mass is 10.0. The van der Waals surface area contributed by atoms with Gasteiger partial charge in [0.15, 0.2) is 16.8 Å². The molecular formula is C23H25BrN4O2S. The van der Waals surface area contributed by atoms with Crippen LogP contribution in [0.15, 0.2) is 58.2 Å². The number of hydrogen-bond donors (Lipinski definition) is 1. The topological polar surface area (TPSA) is 76.9 Å². The molecule has 0 saturated carbocycles. The van der Waals surface area contributed by atoms with Crippen LogP contribution < -0.4 is 5.32 Å². The number of benzene rings is 2. The summed E-state index contributed by atoms with van der Waals surface area (Å²) in [5.74, 6) is 0.906. The lowest BCUT2D eigenvalue weighted by Crippen LogP contribution is -2.33. The molecule has 6 nitrogen and oxygen atoms in total. The van der Waals surface area contributed by atoms with Crippen molar-refractivity contribution in [3.8, 4) is 0 Å². The molecule has 1 N–H and O–H groups in total. The Labute approximate surface area is 195 Å². The maximum atomic E-state index is 12.8. The Hall–Kier alpha value is -2.45. The summed E-state index contributed by atoms with van der Waals surface area (Å²) in [6.07, 6.45) is 0. The lowest BCUT2D eigenvalue weighted by Gasteiger charge is -2.21. The fourth-order valence-electron chi connectivity index (χ4n) is 3.11. The van der Waals surface area contributed by atoms with Gasteiger partial charge in [-0.25, -0.2) is 0 Å². The summed E-state index contributed by atoms with van der Waals surface area (Å²) >= 11 is 4.71. The zero-order valence-electron chi connectivity index (χ0n) is 17.9. The first-order valence-corrected chi connectivity index (χ1v) is 11.7. The summed E-state index contributed by atoms with van der Waals surface area (Å²) < 4.78 is 2.78. The first-order valence-electron chi connectivity index (χ1n) is 9.94. The highest BCUT2D eigenvalue weighted by Crippen LogP contribution is 2.25. The SMILES string of the molecule is Cc1cccc(C(=O)N[C@@H](c2nnc(SCC(=O)c3ccc(Br)cc3)n2C)C(C)C)c1. The molecule has 8 heteroatoms. The summed E-state index contributed by atoms with van der Waals surface area (Å²) in [5.41, 5.74) is 2.30. The van der Waals surface area contributed by atoms with Gasteiger partial charge in [-0.3, -0.25) is 9.59 Å². The van der Waals surface area contributed by atoms with Crippen molar-refractivity contribution in [1.82, 2.24) is 20.1 Å². The predicted molar refractivity (Wildman–Crippen MR) is 126 cm³/mol. The van der Waals surface area contributed by atoms with E-state index >= 15 is 0 Å². The van der Waals surface area contributed by atoms with Gasteiger partial charge in [-0.15, -0.1) is 10.2 Å². The Morgan fingerprint density at radius 3 is 2.45 bits per heavy atom. The molecule has 3 rings (SSSR count). The summed E-state index contributed by atoms with van der Waals surface area (Å²) in [7, 11) is 1.86. The first kappa shape index (κ1) is 23.2. The van der Waals surface area contributed by atoms with Crippen LogP contribution in [0.25, 0.3) is 0 Å². The van der Waals surface area contributed by atoms with Gasteiger partial charge in [0.1, 0.15) is 0 Å². The Morgan fingerprint density at radius 1 is 1.10 bits per heavy atom. The van der Waals surface area contributed by atoms with E-state index in [1.54, 1.807) is 18.2 Å². The molecule has 0 spiro atoms. The van der Waals surface area contributed by atoms with Gasteiger partial charge in [0, 0.05) is 22.6 Å². The number of carbonyl (C=O) groups is 2. The summed E-state index contributed by atoms with van der Waals surface area (Å²) in [4.78, 5) is 25.2. The average Bonchev–Trinajstić information content (AvgIpc) is 3.10. The number of ketones is 1. The van der Waals surface area contributed by atoms with E-state index in [9.17, 15) is 9.59 Å². The second-order valence-electron chi connectivity index (χ2n) is 7.68. The van der Waals surface area contributed by atoms with Crippen molar-refractivity contribution in [2.75, 3.05) is 5.75 Å². The maximum Gasteiger partial charge on any atom is 0.251 e. The van der Waals surface area contributed by atoms with Crippen molar-refractivity contribution in [3.05, 3.63) is 75.5 Å². The average molecular weight is 501 g/mol. The first-order chi connectivity index (χ1) is 14.8. The summed E-state index contributed by atoms with van der Waals surface area (Å²) in [6.45, 7) is 6.01. The Kier molecular flexibility index (Phi) is 7.67. The monoisotopic (exact) mass is 500 g/mol. The van der Waals surface area contributed by atoms with Crippen LogP contribution >= 0.6 is 27.7 Å². The largest absolute Gasteiger partial charge is 0.342 e. The minimum atomic E-state index is -0.304. The number of hydrogen-bond acceptors (Lipinski definition) is 5. The van der Waals surface area contributed by atoms with Crippen LogP contribution in [0, 0.1) is 12.8 Å². The van der Waals surface area contributed by atoms with Crippen molar-refractivity contribution in [3.63, 3.8) is 0 Å². The van der Waals surface area contributed by atoms with E-state index in [1.165, 1.54) is 11.8 Å². The fourth-order valence-corrected chi connectivity index (χ4v) is 4.19. The second-order valence-corrected chi connectivity index (χ2v) is 9.54. The molecule has 0 radical (unpaired) electrons. The number of aryl methyl sites for hydroxylation is 1. The number of halogens is 1.